The van der Waals surface area contributed by atoms with E-state index in [1.54, 1.807) is 30.3 Å². The Morgan fingerprint density at radius 3 is 2.49 bits per heavy atom. The quantitative estimate of drug-likeness (QED) is 0.313. The molecule has 1 aliphatic rings. The zero-order valence-corrected chi connectivity index (χ0v) is 20.6. The van der Waals surface area contributed by atoms with E-state index in [9.17, 15) is 28.7 Å². The Morgan fingerprint density at radius 1 is 1.14 bits per heavy atom. The fourth-order valence-corrected chi connectivity index (χ4v) is 4.64. The van der Waals surface area contributed by atoms with Crippen LogP contribution in [0.2, 0.25) is 0 Å². The fourth-order valence-electron chi connectivity index (χ4n) is 3.65. The minimum absolute atomic E-state index is 0.00111. The van der Waals surface area contributed by atoms with Crippen LogP contribution in [0.25, 0.3) is 0 Å². The van der Waals surface area contributed by atoms with Crippen LogP contribution < -0.4 is 26.8 Å². The lowest BCUT2D eigenvalue weighted by molar-refractivity contribution is -0.122. The Hall–Kier alpha value is -4.39. The molecule has 0 aliphatic carbocycles. The van der Waals surface area contributed by atoms with Gasteiger partial charge in [0.1, 0.15) is 22.7 Å². The highest BCUT2D eigenvalue weighted by molar-refractivity contribution is 8.15. The lowest BCUT2D eigenvalue weighted by atomic mass is 10.0. The van der Waals surface area contributed by atoms with Crippen molar-refractivity contribution < 1.29 is 19.1 Å². The number of carbonyl (C=O) groups excluding carboxylic acids is 2. The Balaban J connectivity index is 1.61. The molecule has 13 heteroatoms. The number of hydrogen-bond donors (Lipinski definition) is 5. The minimum atomic E-state index is -1.09. The summed E-state index contributed by atoms with van der Waals surface area (Å²) in [4.78, 5) is 59.8. The van der Waals surface area contributed by atoms with Crippen molar-refractivity contribution in [1.82, 2.24) is 15.3 Å². The summed E-state index contributed by atoms with van der Waals surface area (Å²) in [5.74, 6) is -2.32. The molecule has 2 amide bonds. The van der Waals surface area contributed by atoms with Crippen LogP contribution in [0.4, 0.5) is 15.8 Å². The lowest BCUT2D eigenvalue weighted by Gasteiger charge is -2.17. The predicted molar refractivity (Wildman–Crippen MR) is 139 cm³/mol. The maximum atomic E-state index is 13.8. The molecule has 0 unspecified atom stereocenters. The average molecular weight is 527 g/mol. The number of para-hydroxylation sites is 1. The second-order valence-electron chi connectivity index (χ2n) is 8.32. The van der Waals surface area contributed by atoms with E-state index in [0.717, 1.165) is 17.4 Å². The van der Waals surface area contributed by atoms with Crippen LogP contribution in [0, 0.1) is 5.82 Å². The molecule has 0 radical (unpaired) electrons. The van der Waals surface area contributed by atoms with Crippen molar-refractivity contribution in [3.63, 3.8) is 0 Å². The number of halogens is 1. The van der Waals surface area contributed by atoms with E-state index in [-0.39, 0.29) is 22.8 Å². The van der Waals surface area contributed by atoms with Gasteiger partial charge in [0.2, 0.25) is 17.7 Å². The van der Waals surface area contributed by atoms with Crippen molar-refractivity contribution >= 4 is 40.1 Å². The zero-order valence-electron chi connectivity index (χ0n) is 19.7. The second kappa shape index (κ2) is 10.7. The van der Waals surface area contributed by atoms with Gasteiger partial charge < -0.3 is 20.6 Å². The van der Waals surface area contributed by atoms with Gasteiger partial charge in [0.15, 0.2) is 5.17 Å². The van der Waals surface area contributed by atoms with Gasteiger partial charge in [0.25, 0.3) is 5.56 Å². The number of amidine groups is 1. The summed E-state index contributed by atoms with van der Waals surface area (Å²) >= 11 is 0.963. The van der Waals surface area contributed by atoms with Gasteiger partial charge in [-0.05, 0) is 29.8 Å². The summed E-state index contributed by atoms with van der Waals surface area (Å²) in [6.45, 7) is 0. The molecule has 2 atom stereocenters. The molecule has 0 saturated carbocycles. The topological polar surface area (TPSA) is 160 Å². The molecule has 2 heterocycles. The van der Waals surface area contributed by atoms with Crippen molar-refractivity contribution in [2.24, 2.45) is 4.99 Å². The number of carbonyl (C=O) groups is 2. The van der Waals surface area contributed by atoms with Gasteiger partial charge in [0.05, 0.1) is 5.69 Å². The number of rotatable bonds is 7. The van der Waals surface area contributed by atoms with Gasteiger partial charge in [-0.25, -0.2) is 14.2 Å². The number of nitrogens with zero attached hydrogens (tertiary/aromatic N) is 2. The normalized spacial score (nSPS) is 16.9. The number of nitrogens with one attached hydrogen (secondary N) is 4. The number of anilines is 2. The van der Waals surface area contributed by atoms with Crippen LogP contribution in [0.1, 0.15) is 23.6 Å². The van der Waals surface area contributed by atoms with Crippen LogP contribution in [-0.2, 0) is 9.59 Å². The zero-order chi connectivity index (χ0) is 26.7. The van der Waals surface area contributed by atoms with E-state index in [2.05, 4.69) is 25.6 Å². The Kier molecular flexibility index (Phi) is 7.43. The molecular weight excluding hydrogens is 503 g/mol. The number of aromatic nitrogens is 2. The van der Waals surface area contributed by atoms with E-state index >= 15 is 0 Å². The number of aromatic hydroxyl groups is 1. The smallest absolute Gasteiger partial charge is 0.328 e. The van der Waals surface area contributed by atoms with E-state index in [1.807, 2.05) is 19.0 Å². The summed E-state index contributed by atoms with van der Waals surface area (Å²) in [6.07, 6.45) is -0.253. The molecular formula is C24H23FN6O5S. The first kappa shape index (κ1) is 25.7. The highest BCUT2D eigenvalue weighted by atomic mass is 32.2. The number of amides is 2. The maximum Gasteiger partial charge on any atom is 0.328 e. The third kappa shape index (κ3) is 5.89. The van der Waals surface area contributed by atoms with Gasteiger partial charge in [-0.1, -0.05) is 36.0 Å². The third-order valence-corrected chi connectivity index (χ3v) is 6.59. The molecule has 0 bridgehead atoms. The minimum Gasteiger partial charge on any atom is -0.494 e. The summed E-state index contributed by atoms with van der Waals surface area (Å²) in [5, 5.41) is 14.6. The molecule has 1 aliphatic heterocycles. The van der Waals surface area contributed by atoms with Crippen LogP contribution in [0.3, 0.4) is 0 Å². The van der Waals surface area contributed by atoms with Gasteiger partial charge in [-0.2, -0.15) is 0 Å². The largest absolute Gasteiger partial charge is 0.494 e. The molecule has 192 valence electrons. The van der Waals surface area contributed by atoms with Crippen LogP contribution in [0.5, 0.6) is 5.88 Å². The average Bonchev–Trinajstić information content (AvgIpc) is 3.17. The molecule has 3 aromatic rings. The van der Waals surface area contributed by atoms with E-state index in [4.69, 9.17) is 0 Å². The summed E-state index contributed by atoms with van der Waals surface area (Å²) < 4.78 is 13.8. The monoisotopic (exact) mass is 526 g/mol. The van der Waals surface area contributed by atoms with Crippen LogP contribution >= 0.6 is 11.8 Å². The van der Waals surface area contributed by atoms with Crippen LogP contribution in [0.15, 0.2) is 63.1 Å². The molecule has 1 fully saturated rings. The first-order valence-electron chi connectivity index (χ1n) is 11.0. The Bertz CT molecular complexity index is 1480. The van der Waals surface area contributed by atoms with Gasteiger partial charge >= 0.3 is 5.69 Å². The first-order valence-corrected chi connectivity index (χ1v) is 11.9. The third-order valence-electron chi connectivity index (χ3n) is 5.50. The van der Waals surface area contributed by atoms with Crippen molar-refractivity contribution in [2.75, 3.05) is 24.3 Å². The summed E-state index contributed by atoms with van der Waals surface area (Å²) in [6, 6.07) is 11.6. The standard InChI is InChI=1S/C24H23FN6O5S/c1-31(2)13-9-7-12(8-10-13)19(18-21(34)28-23(36)29-22(18)35)27-24-30-20(33)16(37-24)11-17(32)26-15-6-4-3-5-14(15)25/h3-10,16,19H,11H2,1-2H3,(H,26,32)(H,27,30,33)(H3,28,29,34,35,36)/t16-,19+/m1/s1. The summed E-state index contributed by atoms with van der Waals surface area (Å²) in [7, 11) is 3.72. The maximum absolute atomic E-state index is 13.8. The highest BCUT2D eigenvalue weighted by Crippen LogP contribution is 2.32. The SMILES string of the molecule is CN(C)c1ccc([C@H](N=C2NC(=O)[C@@H](CC(=O)Nc3ccccc3F)S2)c2c(O)[nH]c(=O)[nH]c2=O)cc1. The van der Waals surface area contributed by atoms with Crippen molar-refractivity contribution in [3.8, 4) is 5.88 Å². The van der Waals surface area contributed by atoms with E-state index < -0.39 is 46.1 Å². The Labute approximate surface area is 213 Å². The lowest BCUT2D eigenvalue weighted by Crippen LogP contribution is -2.29. The number of aliphatic imine (C=N–C) groups is 1. The van der Waals surface area contributed by atoms with Crippen LogP contribution in [-0.4, -0.2) is 51.4 Å². The number of hydrogen-bond acceptors (Lipinski definition) is 8. The fraction of sp³-hybridized carbons (Fsp3) is 0.208. The molecule has 37 heavy (non-hydrogen) atoms. The Morgan fingerprint density at radius 2 is 1.84 bits per heavy atom. The second-order valence-corrected chi connectivity index (χ2v) is 9.51. The highest BCUT2D eigenvalue weighted by Gasteiger charge is 2.34. The molecule has 2 aromatic carbocycles. The number of thioether (sulfide) groups is 1. The molecule has 1 aromatic heterocycles. The van der Waals surface area contributed by atoms with Gasteiger partial charge in [-0.15, -0.1) is 0 Å². The number of H-pyrrole nitrogens is 2. The molecule has 11 nitrogen and oxygen atoms in total. The van der Waals surface area contributed by atoms with Gasteiger partial charge in [0, 0.05) is 26.2 Å². The molecule has 5 N–H and O–H groups in total. The first-order chi connectivity index (χ1) is 17.6. The van der Waals surface area contributed by atoms with Crippen molar-refractivity contribution in [1.29, 1.82) is 0 Å². The molecule has 1 saturated heterocycles. The van der Waals surface area contributed by atoms with Crippen molar-refractivity contribution in [3.05, 3.63) is 86.3 Å². The van der Waals surface area contributed by atoms with Gasteiger partial charge in [-0.3, -0.25) is 24.4 Å². The van der Waals surface area contributed by atoms with E-state index in [0.29, 0.717) is 5.56 Å². The number of benzene rings is 2. The molecule has 4 rings (SSSR count). The van der Waals surface area contributed by atoms with E-state index in [1.165, 1.54) is 18.2 Å². The summed E-state index contributed by atoms with van der Waals surface area (Å²) in [5.41, 5.74) is -0.577. The molecule has 0 spiro atoms. The predicted octanol–water partition coefficient (Wildman–Crippen LogP) is 1.68. The number of aromatic amines is 2. The van der Waals surface area contributed by atoms with Crippen molar-refractivity contribution in [2.45, 2.75) is 17.7 Å².